The van der Waals surface area contributed by atoms with E-state index in [9.17, 15) is 23.1 Å². The summed E-state index contributed by atoms with van der Waals surface area (Å²) in [6, 6.07) is 5.19. The number of aryl methyl sites for hydroxylation is 1. The molecule has 0 aliphatic heterocycles. The molecule has 0 amide bonds. The molecule has 1 unspecified atom stereocenters. The topological polar surface area (TPSA) is 96.4 Å². The van der Waals surface area contributed by atoms with E-state index in [1.165, 1.54) is 6.20 Å². The Bertz CT molecular complexity index is 855. The molecule has 1 aliphatic carbocycles. The molecule has 1 aromatic heterocycles. The molecule has 28 heavy (non-hydrogen) atoms. The van der Waals surface area contributed by atoms with E-state index in [0.717, 1.165) is 16.9 Å². The van der Waals surface area contributed by atoms with Gasteiger partial charge >= 0.3 is 12.1 Å². The second-order valence-electron chi connectivity index (χ2n) is 7.31. The summed E-state index contributed by atoms with van der Waals surface area (Å²) in [5, 5.41) is 19.4. The first-order valence-corrected chi connectivity index (χ1v) is 9.69. The van der Waals surface area contributed by atoms with Crippen molar-refractivity contribution in [2.75, 3.05) is 5.73 Å². The van der Waals surface area contributed by atoms with Crippen molar-refractivity contribution < 1.29 is 28.2 Å². The maximum Gasteiger partial charge on any atom is 0.424 e. The number of hydrogen-bond donors (Lipinski definition) is 3. The number of anilines is 1. The molecule has 2 aromatic rings. The van der Waals surface area contributed by atoms with Gasteiger partial charge in [0.2, 0.25) is 5.60 Å². The molecular formula is C19H21F3N2O3S. The number of carbonyl (C=O) groups is 1. The molecule has 1 aromatic carbocycles. The van der Waals surface area contributed by atoms with Crippen molar-refractivity contribution in [3.05, 3.63) is 35.0 Å². The van der Waals surface area contributed by atoms with E-state index < -0.39 is 34.6 Å². The van der Waals surface area contributed by atoms with E-state index in [0.29, 0.717) is 16.1 Å². The minimum absolute atomic E-state index is 0.0285. The van der Waals surface area contributed by atoms with Crippen molar-refractivity contribution in [3.8, 4) is 10.4 Å². The zero-order valence-electron chi connectivity index (χ0n) is 15.2. The average Bonchev–Trinajstić information content (AvgIpc) is 3.09. The molecule has 0 spiro atoms. The van der Waals surface area contributed by atoms with Gasteiger partial charge in [-0.25, -0.2) is 4.98 Å². The molecule has 152 valence electrons. The number of aromatic nitrogens is 1. The maximum absolute atomic E-state index is 14.0. The molecule has 4 N–H and O–H groups in total. The van der Waals surface area contributed by atoms with Crippen molar-refractivity contribution in [2.24, 2.45) is 11.8 Å². The van der Waals surface area contributed by atoms with E-state index in [4.69, 9.17) is 10.8 Å². The monoisotopic (exact) mass is 414 g/mol. The van der Waals surface area contributed by atoms with Crippen LogP contribution in [0, 0.1) is 18.8 Å². The molecule has 3 rings (SSSR count). The Morgan fingerprint density at radius 1 is 1.21 bits per heavy atom. The van der Waals surface area contributed by atoms with Gasteiger partial charge in [-0.1, -0.05) is 6.07 Å². The zero-order valence-corrected chi connectivity index (χ0v) is 16.0. The van der Waals surface area contributed by atoms with Crippen molar-refractivity contribution in [1.29, 1.82) is 0 Å². The van der Waals surface area contributed by atoms with Crippen LogP contribution < -0.4 is 5.73 Å². The van der Waals surface area contributed by atoms with E-state index in [1.807, 2.05) is 6.92 Å². The van der Waals surface area contributed by atoms with Gasteiger partial charge in [0.05, 0.1) is 10.8 Å². The predicted molar refractivity (Wildman–Crippen MR) is 99.7 cm³/mol. The summed E-state index contributed by atoms with van der Waals surface area (Å²) in [7, 11) is 0. The van der Waals surface area contributed by atoms with Crippen LogP contribution in [-0.2, 0) is 10.4 Å². The number of nitrogens with two attached hydrogens (primary N) is 1. The fraction of sp³-hybridized carbons (Fsp3) is 0.474. The van der Waals surface area contributed by atoms with Crippen LogP contribution in [-0.4, -0.2) is 27.3 Å². The van der Waals surface area contributed by atoms with Crippen LogP contribution >= 0.6 is 11.3 Å². The quantitative estimate of drug-likeness (QED) is 0.647. The molecule has 0 bridgehead atoms. The molecule has 0 saturated heterocycles. The average molecular weight is 414 g/mol. The standard InChI is InChI=1S/C19H21F3N2O3S/c1-10-6-12(8-14(23)7-10)15-9-24-17(28-15)18(27,19(20,21)22)13-4-2-11(3-5-13)16(25)26/h6-9,11,13,27H,2-5,23H2,1H3,(H,25,26). The number of nitrogens with zero attached hydrogens (tertiary/aromatic N) is 1. The molecule has 0 radical (unpaired) electrons. The van der Waals surface area contributed by atoms with Crippen LogP contribution in [0.3, 0.4) is 0 Å². The number of carboxylic acid groups (broad SMARTS) is 1. The number of benzene rings is 1. The second kappa shape index (κ2) is 7.36. The predicted octanol–water partition coefficient (Wildman–Crippen LogP) is 4.34. The number of aliphatic carboxylic acids is 1. The van der Waals surface area contributed by atoms with Gasteiger partial charge in [0.15, 0.2) is 0 Å². The highest BCUT2D eigenvalue weighted by Gasteiger charge is 2.61. The van der Waals surface area contributed by atoms with Gasteiger partial charge < -0.3 is 15.9 Å². The van der Waals surface area contributed by atoms with Gasteiger partial charge in [0, 0.05) is 17.8 Å². The van der Waals surface area contributed by atoms with Gasteiger partial charge in [-0.15, -0.1) is 11.3 Å². The van der Waals surface area contributed by atoms with E-state index in [2.05, 4.69) is 4.98 Å². The summed E-state index contributed by atoms with van der Waals surface area (Å²) >= 11 is 0.785. The third-order valence-corrected chi connectivity index (χ3v) is 6.49. The lowest BCUT2D eigenvalue weighted by atomic mass is 9.73. The number of alkyl halides is 3. The fourth-order valence-corrected chi connectivity index (χ4v) is 4.92. The Morgan fingerprint density at radius 3 is 2.39 bits per heavy atom. The van der Waals surface area contributed by atoms with Crippen LogP contribution in [0.1, 0.15) is 36.3 Å². The Kier molecular flexibility index (Phi) is 5.42. The fourth-order valence-electron chi connectivity index (χ4n) is 3.82. The summed E-state index contributed by atoms with van der Waals surface area (Å²) in [5.74, 6) is -2.82. The Morgan fingerprint density at radius 2 is 1.86 bits per heavy atom. The number of hydrogen-bond acceptors (Lipinski definition) is 5. The van der Waals surface area contributed by atoms with Gasteiger partial charge in [0.25, 0.3) is 0 Å². The molecule has 1 fully saturated rings. The van der Waals surface area contributed by atoms with E-state index in [-0.39, 0.29) is 25.7 Å². The highest BCUT2D eigenvalue weighted by Crippen LogP contribution is 2.51. The Labute approximate surface area is 164 Å². The Balaban J connectivity index is 1.95. The third-order valence-electron chi connectivity index (χ3n) is 5.32. The lowest BCUT2D eigenvalue weighted by Gasteiger charge is -2.39. The smallest absolute Gasteiger partial charge is 0.424 e. The number of rotatable bonds is 4. The molecule has 5 nitrogen and oxygen atoms in total. The molecular weight excluding hydrogens is 393 g/mol. The lowest BCUT2D eigenvalue weighted by Crippen LogP contribution is -2.49. The first-order valence-electron chi connectivity index (χ1n) is 8.88. The summed E-state index contributed by atoms with van der Waals surface area (Å²) in [5.41, 5.74) is 4.71. The molecule has 1 aliphatic rings. The first kappa shape index (κ1) is 20.6. The second-order valence-corrected chi connectivity index (χ2v) is 8.34. The van der Waals surface area contributed by atoms with Gasteiger partial charge in [-0.2, -0.15) is 13.2 Å². The largest absolute Gasteiger partial charge is 0.481 e. The summed E-state index contributed by atoms with van der Waals surface area (Å²) < 4.78 is 41.9. The molecule has 1 heterocycles. The number of aliphatic hydroxyl groups is 1. The molecule has 9 heteroatoms. The minimum Gasteiger partial charge on any atom is -0.481 e. The highest BCUT2D eigenvalue weighted by atomic mass is 32.1. The van der Waals surface area contributed by atoms with Crippen molar-refractivity contribution in [3.63, 3.8) is 0 Å². The molecule has 1 atom stereocenters. The van der Waals surface area contributed by atoms with Crippen LogP contribution in [0.25, 0.3) is 10.4 Å². The third kappa shape index (κ3) is 3.73. The van der Waals surface area contributed by atoms with Gasteiger partial charge in [-0.05, 0) is 55.9 Å². The van der Waals surface area contributed by atoms with Crippen LogP contribution in [0.5, 0.6) is 0 Å². The number of nitrogen functional groups attached to an aromatic ring is 1. The lowest BCUT2D eigenvalue weighted by molar-refractivity contribution is -0.290. The summed E-state index contributed by atoms with van der Waals surface area (Å²) in [6.07, 6.45) is -3.46. The normalized spacial score (nSPS) is 22.6. The summed E-state index contributed by atoms with van der Waals surface area (Å²) in [4.78, 5) is 15.5. The van der Waals surface area contributed by atoms with Crippen molar-refractivity contribution in [2.45, 2.75) is 44.4 Å². The zero-order chi connectivity index (χ0) is 20.7. The minimum atomic E-state index is -4.92. The summed E-state index contributed by atoms with van der Waals surface area (Å²) in [6.45, 7) is 1.83. The van der Waals surface area contributed by atoms with Crippen molar-refractivity contribution >= 4 is 23.0 Å². The van der Waals surface area contributed by atoms with Crippen LogP contribution in [0.4, 0.5) is 18.9 Å². The Hall–Kier alpha value is -2.13. The molecule has 1 saturated carbocycles. The van der Waals surface area contributed by atoms with Crippen molar-refractivity contribution in [1.82, 2.24) is 4.98 Å². The number of halogens is 3. The van der Waals surface area contributed by atoms with Crippen LogP contribution in [0.15, 0.2) is 24.4 Å². The highest BCUT2D eigenvalue weighted by molar-refractivity contribution is 7.15. The van der Waals surface area contributed by atoms with Crippen LogP contribution in [0.2, 0.25) is 0 Å². The maximum atomic E-state index is 14.0. The number of thiazole rings is 1. The van der Waals surface area contributed by atoms with E-state index >= 15 is 0 Å². The SMILES string of the molecule is Cc1cc(N)cc(-c2cnc(C(O)(C3CCC(C(=O)O)CC3)C(F)(F)F)s2)c1. The van der Waals surface area contributed by atoms with Gasteiger partial charge in [-0.3, -0.25) is 4.79 Å². The first-order chi connectivity index (χ1) is 13.0. The van der Waals surface area contributed by atoms with Gasteiger partial charge in [0.1, 0.15) is 5.01 Å². The number of carboxylic acids is 1. The van der Waals surface area contributed by atoms with E-state index in [1.54, 1.807) is 18.2 Å².